The van der Waals surface area contributed by atoms with E-state index in [-0.39, 0.29) is 30.9 Å². The van der Waals surface area contributed by atoms with E-state index in [1.54, 1.807) is 35.2 Å². The van der Waals surface area contributed by atoms with Crippen molar-refractivity contribution in [1.29, 1.82) is 0 Å². The van der Waals surface area contributed by atoms with Gasteiger partial charge in [-0.1, -0.05) is 30.3 Å². The SMILES string of the molecule is O=C(NNC(=O)C1COc2ccccc2O1)C1CCN(C(=O)COc2ccccc2)CC1. The van der Waals surface area contributed by atoms with E-state index in [1.165, 1.54) is 0 Å². The Labute approximate surface area is 185 Å². The molecule has 32 heavy (non-hydrogen) atoms. The van der Waals surface area contributed by atoms with Crippen molar-refractivity contribution in [2.24, 2.45) is 5.92 Å². The van der Waals surface area contributed by atoms with Crippen LogP contribution in [-0.4, -0.2) is 55.0 Å². The average Bonchev–Trinajstić information content (AvgIpc) is 2.86. The van der Waals surface area contributed by atoms with Gasteiger partial charge in [0.1, 0.15) is 12.4 Å². The van der Waals surface area contributed by atoms with Gasteiger partial charge in [0, 0.05) is 19.0 Å². The summed E-state index contributed by atoms with van der Waals surface area (Å²) in [6, 6.07) is 16.2. The van der Waals surface area contributed by atoms with Crippen molar-refractivity contribution in [3.63, 3.8) is 0 Å². The van der Waals surface area contributed by atoms with Gasteiger partial charge in [-0.25, -0.2) is 0 Å². The number of carbonyl (C=O) groups excluding carboxylic acids is 3. The van der Waals surface area contributed by atoms with Gasteiger partial charge < -0.3 is 19.1 Å². The van der Waals surface area contributed by atoms with Crippen LogP contribution < -0.4 is 25.1 Å². The summed E-state index contributed by atoms with van der Waals surface area (Å²) in [5.41, 5.74) is 4.87. The molecule has 1 unspecified atom stereocenters. The second-order valence-corrected chi connectivity index (χ2v) is 7.60. The molecule has 0 spiro atoms. The molecule has 2 heterocycles. The molecule has 2 N–H and O–H groups in total. The van der Waals surface area contributed by atoms with E-state index in [2.05, 4.69) is 10.9 Å². The van der Waals surface area contributed by atoms with Gasteiger partial charge in [-0.3, -0.25) is 25.2 Å². The lowest BCUT2D eigenvalue weighted by molar-refractivity contribution is -0.139. The van der Waals surface area contributed by atoms with Crippen molar-refractivity contribution in [1.82, 2.24) is 15.8 Å². The summed E-state index contributed by atoms with van der Waals surface area (Å²) in [5, 5.41) is 0. The standard InChI is InChI=1S/C23H25N3O6/c27-21(15-30-17-6-2-1-3-7-17)26-12-10-16(11-13-26)22(28)24-25-23(29)20-14-31-18-8-4-5-9-19(18)32-20/h1-9,16,20H,10-15H2,(H,24,28)(H,25,29). The topological polar surface area (TPSA) is 106 Å². The average molecular weight is 439 g/mol. The van der Waals surface area contributed by atoms with Crippen LogP contribution in [0.2, 0.25) is 0 Å². The van der Waals surface area contributed by atoms with Gasteiger partial charge in [0.2, 0.25) is 12.0 Å². The summed E-state index contributed by atoms with van der Waals surface area (Å²) in [7, 11) is 0. The Hall–Kier alpha value is -3.75. The number of piperidine rings is 1. The summed E-state index contributed by atoms with van der Waals surface area (Å²) in [6.07, 6.45) is 0.166. The minimum absolute atomic E-state index is 0.0382. The summed E-state index contributed by atoms with van der Waals surface area (Å²) < 4.78 is 16.6. The summed E-state index contributed by atoms with van der Waals surface area (Å²) in [4.78, 5) is 38.8. The Kier molecular flexibility index (Phi) is 6.74. The number of likely N-dealkylation sites (tertiary alicyclic amines) is 1. The number of ether oxygens (including phenoxy) is 3. The van der Waals surface area contributed by atoms with E-state index in [0.717, 1.165) is 0 Å². The van der Waals surface area contributed by atoms with Gasteiger partial charge >= 0.3 is 0 Å². The highest BCUT2D eigenvalue weighted by Gasteiger charge is 2.30. The fourth-order valence-corrected chi connectivity index (χ4v) is 3.60. The first-order valence-corrected chi connectivity index (χ1v) is 10.5. The summed E-state index contributed by atoms with van der Waals surface area (Å²) >= 11 is 0. The number of para-hydroxylation sites is 3. The van der Waals surface area contributed by atoms with Gasteiger partial charge in [0.15, 0.2) is 18.1 Å². The monoisotopic (exact) mass is 439 g/mol. The first-order valence-electron chi connectivity index (χ1n) is 10.5. The van der Waals surface area contributed by atoms with E-state index in [1.807, 2.05) is 24.3 Å². The molecule has 0 bridgehead atoms. The number of nitrogens with one attached hydrogen (secondary N) is 2. The minimum Gasteiger partial charge on any atom is -0.485 e. The molecule has 0 aliphatic carbocycles. The minimum atomic E-state index is -0.853. The Balaban J connectivity index is 1.17. The third-order valence-corrected chi connectivity index (χ3v) is 5.43. The van der Waals surface area contributed by atoms with Gasteiger partial charge in [0.25, 0.3) is 11.8 Å². The van der Waals surface area contributed by atoms with Crippen LogP contribution in [0.3, 0.4) is 0 Å². The van der Waals surface area contributed by atoms with Crippen LogP contribution in [-0.2, 0) is 14.4 Å². The first-order chi connectivity index (χ1) is 15.6. The zero-order valence-corrected chi connectivity index (χ0v) is 17.5. The van der Waals surface area contributed by atoms with E-state index >= 15 is 0 Å². The molecule has 1 fully saturated rings. The van der Waals surface area contributed by atoms with Gasteiger partial charge in [-0.2, -0.15) is 0 Å². The quantitative estimate of drug-likeness (QED) is 0.680. The maximum atomic E-state index is 12.4. The van der Waals surface area contributed by atoms with Gasteiger partial charge in [-0.15, -0.1) is 0 Å². The number of rotatable bonds is 5. The number of benzene rings is 2. The van der Waals surface area contributed by atoms with Crippen LogP contribution in [0.5, 0.6) is 17.2 Å². The van der Waals surface area contributed by atoms with Gasteiger partial charge in [-0.05, 0) is 37.1 Å². The fourth-order valence-electron chi connectivity index (χ4n) is 3.60. The van der Waals surface area contributed by atoms with Crippen molar-refractivity contribution < 1.29 is 28.6 Å². The molecule has 3 amide bonds. The van der Waals surface area contributed by atoms with Crippen molar-refractivity contribution in [3.8, 4) is 17.2 Å². The molecule has 4 rings (SSSR count). The van der Waals surface area contributed by atoms with Crippen LogP contribution in [0, 0.1) is 5.92 Å². The molecule has 9 heteroatoms. The fraction of sp³-hybridized carbons (Fsp3) is 0.348. The lowest BCUT2D eigenvalue weighted by Crippen LogP contribution is -2.53. The number of fused-ring (bicyclic) bond motifs is 1. The Morgan fingerprint density at radius 2 is 1.56 bits per heavy atom. The van der Waals surface area contributed by atoms with Crippen molar-refractivity contribution in [2.45, 2.75) is 18.9 Å². The van der Waals surface area contributed by atoms with E-state index < -0.39 is 12.0 Å². The first kappa shape index (κ1) is 21.5. The number of carbonyl (C=O) groups is 3. The Bertz CT molecular complexity index is 959. The van der Waals surface area contributed by atoms with Crippen LogP contribution in [0.4, 0.5) is 0 Å². The highest BCUT2D eigenvalue weighted by Crippen LogP contribution is 2.30. The maximum Gasteiger partial charge on any atom is 0.283 e. The number of hydrogen-bond donors (Lipinski definition) is 2. The number of nitrogens with zero attached hydrogens (tertiary/aromatic N) is 1. The van der Waals surface area contributed by atoms with E-state index in [0.29, 0.717) is 43.2 Å². The van der Waals surface area contributed by atoms with E-state index in [9.17, 15) is 14.4 Å². The smallest absolute Gasteiger partial charge is 0.283 e. The molecule has 2 aromatic rings. The maximum absolute atomic E-state index is 12.4. The molecule has 0 saturated carbocycles. The second kappa shape index (κ2) is 10.0. The second-order valence-electron chi connectivity index (χ2n) is 7.60. The molecule has 2 aliphatic heterocycles. The third-order valence-electron chi connectivity index (χ3n) is 5.43. The summed E-state index contributed by atoms with van der Waals surface area (Å²) in [5.74, 6) is 0.521. The number of hydrogen-bond acceptors (Lipinski definition) is 6. The molecule has 0 radical (unpaired) electrons. The molecule has 1 atom stereocenters. The molecule has 0 aromatic heterocycles. The number of amides is 3. The van der Waals surface area contributed by atoms with Crippen molar-refractivity contribution >= 4 is 17.7 Å². The Morgan fingerprint density at radius 3 is 2.31 bits per heavy atom. The number of hydrazine groups is 1. The van der Waals surface area contributed by atoms with Crippen LogP contribution >= 0.6 is 0 Å². The Morgan fingerprint density at radius 1 is 0.906 bits per heavy atom. The molecule has 168 valence electrons. The predicted molar refractivity (Wildman–Crippen MR) is 114 cm³/mol. The van der Waals surface area contributed by atoms with E-state index in [4.69, 9.17) is 14.2 Å². The predicted octanol–water partition coefficient (Wildman–Crippen LogP) is 1.29. The molecule has 2 aromatic carbocycles. The van der Waals surface area contributed by atoms with Crippen LogP contribution in [0.15, 0.2) is 54.6 Å². The normalized spacial score (nSPS) is 17.9. The zero-order chi connectivity index (χ0) is 22.3. The molecule has 1 saturated heterocycles. The van der Waals surface area contributed by atoms with Crippen molar-refractivity contribution in [2.75, 3.05) is 26.3 Å². The molecule has 9 nitrogen and oxygen atoms in total. The van der Waals surface area contributed by atoms with Crippen LogP contribution in [0.25, 0.3) is 0 Å². The summed E-state index contributed by atoms with van der Waals surface area (Å²) in [6.45, 7) is 0.937. The lowest BCUT2D eigenvalue weighted by Gasteiger charge is -2.31. The largest absolute Gasteiger partial charge is 0.485 e. The molecule has 2 aliphatic rings. The molecular formula is C23H25N3O6. The molecular weight excluding hydrogens is 414 g/mol. The zero-order valence-electron chi connectivity index (χ0n) is 17.5. The van der Waals surface area contributed by atoms with Gasteiger partial charge in [0.05, 0.1) is 0 Å². The van der Waals surface area contributed by atoms with Crippen LogP contribution in [0.1, 0.15) is 12.8 Å². The highest BCUT2D eigenvalue weighted by atomic mass is 16.6. The lowest BCUT2D eigenvalue weighted by atomic mass is 9.96. The van der Waals surface area contributed by atoms with Crippen molar-refractivity contribution in [3.05, 3.63) is 54.6 Å². The third kappa shape index (κ3) is 5.29. The highest BCUT2D eigenvalue weighted by molar-refractivity contribution is 5.86.